The Labute approximate surface area is 154 Å². The summed E-state index contributed by atoms with van der Waals surface area (Å²) >= 11 is 1.26. The van der Waals surface area contributed by atoms with Gasteiger partial charge in [0.25, 0.3) is 5.91 Å². The summed E-state index contributed by atoms with van der Waals surface area (Å²) in [6.07, 6.45) is 6.68. The van der Waals surface area contributed by atoms with E-state index >= 15 is 0 Å². The Morgan fingerprint density at radius 2 is 2.12 bits per heavy atom. The van der Waals surface area contributed by atoms with Crippen molar-refractivity contribution in [2.24, 2.45) is 0 Å². The van der Waals surface area contributed by atoms with Gasteiger partial charge in [0, 0.05) is 23.0 Å². The van der Waals surface area contributed by atoms with Crippen LogP contribution in [0.15, 0.2) is 39.0 Å². The van der Waals surface area contributed by atoms with Gasteiger partial charge in [0.1, 0.15) is 16.9 Å². The van der Waals surface area contributed by atoms with Gasteiger partial charge < -0.3 is 9.52 Å². The fraction of sp³-hybridized carbons (Fsp3) is 0.316. The van der Waals surface area contributed by atoms with E-state index in [0.29, 0.717) is 10.5 Å². The number of hydrogen-bond donors (Lipinski definition) is 2. The average molecular weight is 372 g/mol. The molecule has 136 valence electrons. The Morgan fingerprint density at radius 1 is 1.27 bits per heavy atom. The number of rotatable bonds is 7. The molecule has 2 N–H and O–H groups in total. The van der Waals surface area contributed by atoms with E-state index in [1.165, 1.54) is 23.5 Å². The van der Waals surface area contributed by atoms with Crippen molar-refractivity contribution >= 4 is 33.3 Å². The van der Waals surface area contributed by atoms with E-state index in [4.69, 9.17) is 4.42 Å². The topological polar surface area (TPSA) is 92.4 Å². The zero-order valence-corrected chi connectivity index (χ0v) is 15.3. The zero-order chi connectivity index (χ0) is 18.5. The lowest BCUT2D eigenvalue weighted by atomic mass is 10.0. The molecule has 0 aliphatic rings. The number of phenols is 1. The van der Waals surface area contributed by atoms with Crippen LogP contribution in [0.5, 0.6) is 5.75 Å². The molecule has 0 atom stereocenters. The molecular formula is C19H20N2O4S. The normalized spacial score (nSPS) is 11.0. The molecule has 0 saturated carbocycles. The number of carbonyl (C=O) groups is 1. The van der Waals surface area contributed by atoms with Crippen LogP contribution in [-0.4, -0.2) is 16.0 Å². The van der Waals surface area contributed by atoms with Crippen molar-refractivity contribution in [3.05, 3.63) is 51.3 Å². The van der Waals surface area contributed by atoms with Gasteiger partial charge in [-0.3, -0.25) is 10.1 Å². The summed E-state index contributed by atoms with van der Waals surface area (Å²) in [6.45, 7) is 2.15. The minimum Gasteiger partial charge on any atom is -0.508 e. The molecule has 0 saturated heterocycles. The lowest BCUT2D eigenvalue weighted by molar-refractivity contribution is 0.102. The number of aromatic hydroxyl groups is 1. The van der Waals surface area contributed by atoms with Crippen LogP contribution in [0.3, 0.4) is 0 Å². The number of nitrogens with one attached hydrogen (secondary N) is 1. The Kier molecular flexibility index (Phi) is 5.68. The molecular weight excluding hydrogens is 352 g/mol. The second-order valence-electron chi connectivity index (χ2n) is 6.07. The van der Waals surface area contributed by atoms with Crippen LogP contribution in [0, 0.1) is 0 Å². The number of hydrogen-bond acceptors (Lipinski definition) is 6. The fourth-order valence-corrected chi connectivity index (χ4v) is 3.28. The third kappa shape index (κ3) is 4.11. The van der Waals surface area contributed by atoms with E-state index in [1.54, 1.807) is 17.6 Å². The Bertz CT molecular complexity index is 964. The van der Waals surface area contributed by atoms with Crippen LogP contribution in [0.2, 0.25) is 0 Å². The van der Waals surface area contributed by atoms with Gasteiger partial charge in [-0.15, -0.1) is 11.3 Å². The summed E-state index contributed by atoms with van der Waals surface area (Å²) in [6, 6.07) is 4.72. The monoisotopic (exact) mass is 372 g/mol. The maximum absolute atomic E-state index is 12.3. The first kappa shape index (κ1) is 18.1. The zero-order valence-electron chi connectivity index (χ0n) is 14.4. The summed E-state index contributed by atoms with van der Waals surface area (Å²) in [7, 11) is 0. The number of unbranched alkanes of at least 4 members (excludes halogenated alkanes) is 3. The molecule has 0 fully saturated rings. The molecule has 7 heteroatoms. The first-order valence-electron chi connectivity index (χ1n) is 8.59. The standard InChI is InChI=1S/C19H20N2O4S/c1-2-3-4-5-6-12-9-13-10-14(17(23)21-19-20-7-8-26-19)18(24)25-16(13)11-15(12)22/h7-11,22H,2-6H2,1H3,(H,20,21,23). The molecule has 0 aliphatic heterocycles. The Morgan fingerprint density at radius 3 is 2.85 bits per heavy atom. The second kappa shape index (κ2) is 8.14. The van der Waals surface area contributed by atoms with Crippen LogP contribution in [-0.2, 0) is 6.42 Å². The summed E-state index contributed by atoms with van der Waals surface area (Å²) in [5.41, 5.74) is 0.210. The molecule has 3 aromatic rings. The first-order chi connectivity index (χ1) is 12.6. The lowest BCUT2D eigenvalue weighted by Crippen LogP contribution is -2.20. The summed E-state index contributed by atoms with van der Waals surface area (Å²) in [4.78, 5) is 28.4. The molecule has 0 bridgehead atoms. The van der Waals surface area contributed by atoms with Gasteiger partial charge >= 0.3 is 5.63 Å². The van der Waals surface area contributed by atoms with Crippen LogP contribution in [0.25, 0.3) is 11.0 Å². The highest BCUT2D eigenvalue weighted by Crippen LogP contribution is 2.26. The van der Waals surface area contributed by atoms with Gasteiger partial charge in [-0.2, -0.15) is 0 Å². The minimum absolute atomic E-state index is 0.0877. The largest absolute Gasteiger partial charge is 0.508 e. The number of carbonyl (C=O) groups excluding carboxylic acids is 1. The quantitative estimate of drug-likeness (QED) is 0.476. The van der Waals surface area contributed by atoms with E-state index < -0.39 is 11.5 Å². The van der Waals surface area contributed by atoms with Gasteiger partial charge in [0.05, 0.1) is 0 Å². The van der Waals surface area contributed by atoms with Crippen LogP contribution < -0.4 is 10.9 Å². The highest BCUT2D eigenvalue weighted by Gasteiger charge is 2.16. The maximum Gasteiger partial charge on any atom is 0.349 e. The third-order valence-electron chi connectivity index (χ3n) is 4.13. The molecule has 0 aliphatic carbocycles. The van der Waals surface area contributed by atoms with Crippen molar-refractivity contribution in [3.8, 4) is 5.75 Å². The SMILES string of the molecule is CCCCCCc1cc2cc(C(=O)Nc3nccs3)c(=O)oc2cc1O. The van der Waals surface area contributed by atoms with E-state index in [2.05, 4.69) is 17.2 Å². The number of nitrogens with zero attached hydrogens (tertiary/aromatic N) is 1. The number of amides is 1. The second-order valence-corrected chi connectivity index (χ2v) is 6.96. The number of aromatic nitrogens is 1. The fourth-order valence-electron chi connectivity index (χ4n) is 2.75. The van der Waals surface area contributed by atoms with E-state index in [9.17, 15) is 14.7 Å². The van der Waals surface area contributed by atoms with E-state index in [1.807, 2.05) is 0 Å². The van der Waals surface area contributed by atoms with Gasteiger partial charge in [0.15, 0.2) is 5.13 Å². The van der Waals surface area contributed by atoms with Gasteiger partial charge in [-0.1, -0.05) is 26.2 Å². The summed E-state index contributed by atoms with van der Waals surface area (Å²) in [5.74, 6) is -0.453. The molecule has 1 aromatic carbocycles. The Hall–Kier alpha value is -2.67. The van der Waals surface area contributed by atoms with E-state index in [-0.39, 0.29) is 16.9 Å². The molecule has 6 nitrogen and oxygen atoms in total. The predicted octanol–water partition coefficient (Wildman–Crippen LogP) is 4.33. The molecule has 0 unspecified atom stereocenters. The Balaban J connectivity index is 1.88. The van der Waals surface area contributed by atoms with E-state index in [0.717, 1.165) is 37.7 Å². The van der Waals surface area contributed by atoms with Crippen molar-refractivity contribution in [2.75, 3.05) is 5.32 Å². The number of fused-ring (bicyclic) bond motifs is 1. The lowest BCUT2D eigenvalue weighted by Gasteiger charge is -2.07. The molecule has 3 rings (SSSR count). The number of thiazole rings is 1. The number of aryl methyl sites for hydroxylation is 1. The van der Waals surface area contributed by atoms with Crippen LogP contribution in [0.4, 0.5) is 5.13 Å². The average Bonchev–Trinajstić information content (AvgIpc) is 3.11. The molecule has 1 amide bonds. The molecule has 2 aromatic heterocycles. The molecule has 0 spiro atoms. The van der Waals surface area contributed by atoms with Crippen molar-refractivity contribution in [1.82, 2.24) is 4.98 Å². The van der Waals surface area contributed by atoms with Gasteiger partial charge in [-0.05, 0) is 30.5 Å². The number of benzene rings is 1. The maximum atomic E-state index is 12.3. The smallest absolute Gasteiger partial charge is 0.349 e. The van der Waals surface area contributed by atoms with Crippen molar-refractivity contribution in [1.29, 1.82) is 0 Å². The summed E-state index contributed by atoms with van der Waals surface area (Å²) < 4.78 is 5.22. The number of anilines is 1. The van der Waals surface area contributed by atoms with Crippen molar-refractivity contribution in [3.63, 3.8) is 0 Å². The van der Waals surface area contributed by atoms with Crippen molar-refractivity contribution in [2.45, 2.75) is 39.0 Å². The van der Waals surface area contributed by atoms with Crippen LogP contribution in [0.1, 0.15) is 48.5 Å². The number of phenolic OH excluding ortho intramolecular Hbond substituents is 1. The third-order valence-corrected chi connectivity index (χ3v) is 4.82. The first-order valence-corrected chi connectivity index (χ1v) is 9.47. The molecule has 26 heavy (non-hydrogen) atoms. The predicted molar refractivity (Wildman–Crippen MR) is 102 cm³/mol. The van der Waals surface area contributed by atoms with Gasteiger partial charge in [-0.25, -0.2) is 9.78 Å². The molecule has 2 heterocycles. The summed E-state index contributed by atoms with van der Waals surface area (Å²) in [5, 5.41) is 15.5. The van der Waals surface area contributed by atoms with Crippen LogP contribution >= 0.6 is 11.3 Å². The minimum atomic E-state index is -0.748. The van der Waals surface area contributed by atoms with Gasteiger partial charge in [0.2, 0.25) is 0 Å². The highest BCUT2D eigenvalue weighted by atomic mass is 32.1. The molecule has 0 radical (unpaired) electrons. The van der Waals surface area contributed by atoms with Crippen molar-refractivity contribution < 1.29 is 14.3 Å². The highest BCUT2D eigenvalue weighted by molar-refractivity contribution is 7.13.